The number of amides is 1. The molecule has 0 aliphatic heterocycles. The van der Waals surface area contributed by atoms with Crippen molar-refractivity contribution >= 4 is 39.0 Å². The highest BCUT2D eigenvalue weighted by Crippen LogP contribution is 2.15. The summed E-state index contributed by atoms with van der Waals surface area (Å²) >= 11 is 5.83. The maximum Gasteiger partial charge on any atom is 0.255 e. The summed E-state index contributed by atoms with van der Waals surface area (Å²) < 4.78 is 27.3. The van der Waals surface area contributed by atoms with Gasteiger partial charge in [0.1, 0.15) is 0 Å². The number of ketones is 1. The highest BCUT2D eigenvalue weighted by molar-refractivity contribution is 7.89. The Bertz CT molecular complexity index is 1160. The zero-order chi connectivity index (χ0) is 21.7. The van der Waals surface area contributed by atoms with Crippen molar-refractivity contribution in [2.75, 3.05) is 5.32 Å². The normalized spacial score (nSPS) is 11.1. The lowest BCUT2D eigenvalue weighted by atomic mass is 10.1. The fourth-order valence-electron chi connectivity index (χ4n) is 2.64. The maximum absolute atomic E-state index is 12.4. The molecule has 0 unspecified atom stereocenters. The molecule has 154 valence electrons. The monoisotopic (exact) mass is 442 g/mol. The van der Waals surface area contributed by atoms with Crippen LogP contribution in [-0.2, 0) is 16.6 Å². The lowest BCUT2D eigenvalue weighted by molar-refractivity contribution is 0.101. The first-order chi connectivity index (χ1) is 14.2. The summed E-state index contributed by atoms with van der Waals surface area (Å²) in [5, 5.41) is 3.34. The van der Waals surface area contributed by atoms with E-state index in [0.29, 0.717) is 27.4 Å². The molecule has 0 aliphatic rings. The van der Waals surface area contributed by atoms with E-state index in [4.69, 9.17) is 11.6 Å². The van der Waals surface area contributed by atoms with E-state index >= 15 is 0 Å². The Balaban J connectivity index is 1.61. The molecule has 3 rings (SSSR count). The summed E-state index contributed by atoms with van der Waals surface area (Å²) in [6, 6.07) is 19.1. The van der Waals surface area contributed by atoms with E-state index in [9.17, 15) is 18.0 Å². The summed E-state index contributed by atoms with van der Waals surface area (Å²) in [5.74, 6) is -0.415. The summed E-state index contributed by atoms with van der Waals surface area (Å²) in [4.78, 5) is 23.7. The topological polar surface area (TPSA) is 92.3 Å². The van der Waals surface area contributed by atoms with Crippen molar-refractivity contribution in [3.63, 3.8) is 0 Å². The summed E-state index contributed by atoms with van der Waals surface area (Å²) in [6.45, 7) is 1.48. The Morgan fingerprint density at radius 2 is 1.40 bits per heavy atom. The molecule has 8 heteroatoms. The van der Waals surface area contributed by atoms with E-state index in [1.165, 1.54) is 31.2 Å². The van der Waals surface area contributed by atoms with Gasteiger partial charge in [0.25, 0.3) is 5.91 Å². The highest BCUT2D eigenvalue weighted by atomic mass is 35.5. The number of nitrogens with one attached hydrogen (secondary N) is 2. The van der Waals surface area contributed by atoms with Crippen molar-refractivity contribution in [1.82, 2.24) is 4.72 Å². The minimum Gasteiger partial charge on any atom is -0.322 e. The van der Waals surface area contributed by atoms with E-state index in [2.05, 4.69) is 10.0 Å². The molecule has 1 amide bonds. The van der Waals surface area contributed by atoms with Crippen molar-refractivity contribution in [3.8, 4) is 0 Å². The van der Waals surface area contributed by atoms with Crippen LogP contribution in [-0.4, -0.2) is 20.1 Å². The number of hydrogen-bond acceptors (Lipinski definition) is 4. The first-order valence-corrected chi connectivity index (χ1v) is 10.9. The molecule has 6 nitrogen and oxygen atoms in total. The van der Waals surface area contributed by atoms with E-state index in [1.807, 2.05) is 0 Å². The summed E-state index contributed by atoms with van der Waals surface area (Å²) in [5.41, 5.74) is 2.21. The predicted octanol–water partition coefficient (Wildman–Crippen LogP) is 4.27. The first kappa shape index (κ1) is 21.7. The average molecular weight is 443 g/mol. The van der Waals surface area contributed by atoms with Gasteiger partial charge in [-0.1, -0.05) is 35.9 Å². The summed E-state index contributed by atoms with van der Waals surface area (Å²) in [6.07, 6.45) is 0. The molecular formula is C22H19ClN2O4S. The molecule has 0 aromatic heterocycles. The molecule has 3 aromatic carbocycles. The van der Waals surface area contributed by atoms with E-state index in [-0.39, 0.29) is 23.1 Å². The van der Waals surface area contributed by atoms with Gasteiger partial charge in [-0.3, -0.25) is 9.59 Å². The smallest absolute Gasteiger partial charge is 0.255 e. The van der Waals surface area contributed by atoms with Crippen LogP contribution in [0.4, 0.5) is 5.69 Å². The van der Waals surface area contributed by atoms with Crippen LogP contribution in [0.2, 0.25) is 5.02 Å². The molecule has 0 spiro atoms. The number of carbonyl (C=O) groups is 2. The van der Waals surface area contributed by atoms with Gasteiger partial charge in [-0.2, -0.15) is 0 Å². The second kappa shape index (κ2) is 9.21. The zero-order valence-corrected chi connectivity index (χ0v) is 17.6. The second-order valence-electron chi connectivity index (χ2n) is 6.56. The fraction of sp³-hybridized carbons (Fsp3) is 0.0909. The van der Waals surface area contributed by atoms with E-state index in [0.717, 1.165) is 0 Å². The van der Waals surface area contributed by atoms with Gasteiger partial charge in [-0.05, 0) is 61.0 Å². The van der Waals surface area contributed by atoms with Crippen molar-refractivity contribution < 1.29 is 18.0 Å². The van der Waals surface area contributed by atoms with Crippen molar-refractivity contribution in [2.24, 2.45) is 0 Å². The van der Waals surface area contributed by atoms with E-state index < -0.39 is 10.0 Å². The molecule has 0 fully saturated rings. The average Bonchev–Trinajstić information content (AvgIpc) is 2.74. The minimum absolute atomic E-state index is 0.0654. The molecule has 0 atom stereocenters. The highest BCUT2D eigenvalue weighted by Gasteiger charge is 2.14. The van der Waals surface area contributed by atoms with Gasteiger partial charge in [-0.25, -0.2) is 13.1 Å². The fourth-order valence-corrected chi connectivity index (χ4v) is 3.78. The first-order valence-electron chi connectivity index (χ1n) is 9.01. The Morgan fingerprint density at radius 1 is 0.833 bits per heavy atom. The lowest BCUT2D eigenvalue weighted by Gasteiger charge is -2.09. The molecule has 0 saturated heterocycles. The molecule has 0 radical (unpaired) electrons. The molecule has 0 saturated carbocycles. The standard InChI is InChI=1S/C22H19ClN2O4S/c1-15(26)17-6-12-21(13-7-17)30(28,29)24-14-16-2-4-18(5-3-16)22(27)25-20-10-8-19(23)9-11-20/h2-13,24H,14H2,1H3,(H,25,27). The Labute approximate surface area is 179 Å². The minimum atomic E-state index is -3.72. The third kappa shape index (κ3) is 5.54. The zero-order valence-electron chi connectivity index (χ0n) is 16.1. The van der Waals surface area contributed by atoms with Gasteiger partial charge in [0, 0.05) is 28.4 Å². The van der Waals surface area contributed by atoms with Crippen LogP contribution >= 0.6 is 11.6 Å². The number of benzene rings is 3. The van der Waals surface area contributed by atoms with Crippen LogP contribution < -0.4 is 10.0 Å². The Hall–Kier alpha value is -3.00. The predicted molar refractivity (Wildman–Crippen MR) is 116 cm³/mol. The Kier molecular flexibility index (Phi) is 6.66. The SMILES string of the molecule is CC(=O)c1ccc(S(=O)(=O)NCc2ccc(C(=O)Nc3ccc(Cl)cc3)cc2)cc1. The van der Waals surface area contributed by atoms with Crippen LogP contribution in [0.5, 0.6) is 0 Å². The molecule has 30 heavy (non-hydrogen) atoms. The van der Waals surface area contributed by atoms with Crippen LogP contribution in [0.3, 0.4) is 0 Å². The quantitative estimate of drug-likeness (QED) is 0.534. The Morgan fingerprint density at radius 3 is 1.97 bits per heavy atom. The number of carbonyl (C=O) groups excluding carboxylic acids is 2. The van der Waals surface area contributed by atoms with Crippen LogP contribution in [0.25, 0.3) is 0 Å². The largest absolute Gasteiger partial charge is 0.322 e. The van der Waals surface area contributed by atoms with Crippen molar-refractivity contribution in [2.45, 2.75) is 18.4 Å². The van der Waals surface area contributed by atoms with Crippen molar-refractivity contribution in [3.05, 3.63) is 94.5 Å². The molecule has 0 bridgehead atoms. The van der Waals surface area contributed by atoms with Gasteiger partial charge in [0.2, 0.25) is 10.0 Å². The van der Waals surface area contributed by atoms with Gasteiger partial charge in [0.15, 0.2) is 5.78 Å². The number of halogens is 1. The maximum atomic E-state index is 12.4. The number of rotatable bonds is 7. The molecule has 3 aromatic rings. The number of hydrogen-bond donors (Lipinski definition) is 2. The molecule has 0 heterocycles. The van der Waals surface area contributed by atoms with E-state index in [1.54, 1.807) is 48.5 Å². The van der Waals surface area contributed by atoms with Gasteiger partial charge in [-0.15, -0.1) is 0 Å². The van der Waals surface area contributed by atoms with Gasteiger partial charge in [0.05, 0.1) is 4.90 Å². The van der Waals surface area contributed by atoms with Crippen LogP contribution in [0, 0.1) is 0 Å². The molecule has 2 N–H and O–H groups in total. The number of Topliss-reactive ketones (excluding diaryl/α,β-unsaturated/α-hetero) is 1. The van der Waals surface area contributed by atoms with Crippen molar-refractivity contribution in [1.29, 1.82) is 0 Å². The lowest BCUT2D eigenvalue weighted by Crippen LogP contribution is -2.23. The third-order valence-electron chi connectivity index (χ3n) is 4.36. The third-order valence-corrected chi connectivity index (χ3v) is 6.02. The summed E-state index contributed by atoms with van der Waals surface area (Å²) in [7, 11) is -3.72. The number of sulfonamides is 1. The second-order valence-corrected chi connectivity index (χ2v) is 8.77. The number of anilines is 1. The molecular weight excluding hydrogens is 424 g/mol. The van der Waals surface area contributed by atoms with Gasteiger partial charge < -0.3 is 5.32 Å². The van der Waals surface area contributed by atoms with Crippen LogP contribution in [0.15, 0.2) is 77.7 Å². The van der Waals surface area contributed by atoms with Crippen LogP contribution in [0.1, 0.15) is 33.2 Å². The molecule has 0 aliphatic carbocycles. The van der Waals surface area contributed by atoms with Gasteiger partial charge >= 0.3 is 0 Å².